The molecule has 4 nitrogen and oxygen atoms in total. The maximum atomic E-state index is 13.9. The molecule has 1 amide bonds. The number of rotatable bonds is 6. The van der Waals surface area contributed by atoms with Crippen LogP contribution in [0.5, 0.6) is 0 Å². The highest BCUT2D eigenvalue weighted by atomic mass is 19.1. The van der Waals surface area contributed by atoms with E-state index in [1.165, 1.54) is 28.3 Å². The average Bonchev–Trinajstić information content (AvgIpc) is 3.09. The van der Waals surface area contributed by atoms with Crippen LogP contribution in [-0.4, -0.2) is 19.2 Å². The van der Waals surface area contributed by atoms with Gasteiger partial charge in [-0.25, -0.2) is 9.18 Å². The van der Waals surface area contributed by atoms with Gasteiger partial charge < -0.3 is 15.8 Å². The maximum Gasteiger partial charge on any atom is 0.407 e. The number of aryl methyl sites for hydroxylation is 1. The molecule has 0 saturated carbocycles. The molecule has 3 N–H and O–H groups in total. The number of hydrogen-bond donors (Lipinski definition) is 2. The van der Waals surface area contributed by atoms with E-state index in [1.54, 1.807) is 25.1 Å². The summed E-state index contributed by atoms with van der Waals surface area (Å²) in [7, 11) is 0. The number of anilines is 1. The van der Waals surface area contributed by atoms with Crippen molar-refractivity contribution in [3.05, 3.63) is 94.8 Å². The Balaban J connectivity index is 1.28. The first-order valence-corrected chi connectivity index (χ1v) is 10.4. The number of halogens is 1. The average molecular weight is 416 g/mol. The molecule has 0 heterocycles. The molecule has 4 rings (SSSR count). The zero-order chi connectivity index (χ0) is 21.8. The third-order valence-corrected chi connectivity index (χ3v) is 5.61. The smallest absolute Gasteiger partial charge is 0.407 e. The van der Waals surface area contributed by atoms with Gasteiger partial charge in [-0.2, -0.15) is 0 Å². The molecule has 1 aliphatic rings. The van der Waals surface area contributed by atoms with Crippen molar-refractivity contribution in [1.29, 1.82) is 0 Å². The molecule has 3 aromatic rings. The second-order valence-corrected chi connectivity index (χ2v) is 7.67. The van der Waals surface area contributed by atoms with Crippen molar-refractivity contribution in [2.75, 3.05) is 18.9 Å². The summed E-state index contributed by atoms with van der Waals surface area (Å²) in [6.45, 7) is 2.45. The second kappa shape index (κ2) is 9.04. The molecule has 0 spiro atoms. The summed E-state index contributed by atoms with van der Waals surface area (Å²) in [6.07, 6.45) is 3.57. The number of carbonyl (C=O) groups excluding carboxylic acids is 1. The number of fused-ring (bicyclic) bond motifs is 3. The molecule has 0 bridgehead atoms. The van der Waals surface area contributed by atoms with Crippen LogP contribution in [0.3, 0.4) is 0 Å². The molecule has 31 heavy (non-hydrogen) atoms. The van der Waals surface area contributed by atoms with Crippen molar-refractivity contribution < 1.29 is 13.9 Å². The molecule has 0 saturated heterocycles. The van der Waals surface area contributed by atoms with Crippen molar-refractivity contribution in [1.82, 2.24) is 5.32 Å². The Kier molecular flexibility index (Phi) is 6.03. The monoisotopic (exact) mass is 416 g/mol. The molecule has 5 heteroatoms. The predicted molar refractivity (Wildman–Crippen MR) is 122 cm³/mol. The van der Waals surface area contributed by atoms with Crippen LogP contribution in [-0.2, 0) is 4.74 Å². The van der Waals surface area contributed by atoms with Gasteiger partial charge in [0.1, 0.15) is 12.4 Å². The number of ether oxygens (including phenoxy) is 1. The Hall–Kier alpha value is -3.60. The highest BCUT2D eigenvalue weighted by Crippen LogP contribution is 2.44. The third kappa shape index (κ3) is 4.45. The molecule has 1 aliphatic carbocycles. The zero-order valence-corrected chi connectivity index (χ0v) is 17.4. The summed E-state index contributed by atoms with van der Waals surface area (Å²) in [4.78, 5) is 12.2. The van der Waals surface area contributed by atoms with Crippen molar-refractivity contribution >= 4 is 17.9 Å². The lowest BCUT2D eigenvalue weighted by Gasteiger charge is -2.14. The first-order valence-electron chi connectivity index (χ1n) is 10.4. The van der Waals surface area contributed by atoms with Gasteiger partial charge in [0, 0.05) is 23.7 Å². The van der Waals surface area contributed by atoms with Crippen LogP contribution in [0, 0.1) is 12.7 Å². The van der Waals surface area contributed by atoms with Gasteiger partial charge in [-0.3, -0.25) is 0 Å². The lowest BCUT2D eigenvalue weighted by atomic mass is 9.98. The fraction of sp³-hybridized carbons (Fsp3) is 0.192. The molecule has 158 valence electrons. The predicted octanol–water partition coefficient (Wildman–Crippen LogP) is 5.66. The van der Waals surface area contributed by atoms with Crippen molar-refractivity contribution in [3.8, 4) is 11.1 Å². The Bertz CT molecular complexity index is 1090. The fourth-order valence-electron chi connectivity index (χ4n) is 3.95. The van der Waals surface area contributed by atoms with Crippen LogP contribution in [0.15, 0.2) is 66.7 Å². The first kappa shape index (κ1) is 20.7. The summed E-state index contributed by atoms with van der Waals surface area (Å²) >= 11 is 0. The van der Waals surface area contributed by atoms with Crippen molar-refractivity contribution in [2.45, 2.75) is 19.3 Å². The molecule has 0 unspecified atom stereocenters. The fourth-order valence-corrected chi connectivity index (χ4v) is 3.95. The van der Waals surface area contributed by atoms with E-state index in [-0.39, 0.29) is 18.3 Å². The van der Waals surface area contributed by atoms with E-state index >= 15 is 0 Å². The number of carbonyl (C=O) groups is 1. The normalized spacial score (nSPS) is 12.6. The van der Waals surface area contributed by atoms with E-state index in [2.05, 4.69) is 29.6 Å². The van der Waals surface area contributed by atoms with Crippen LogP contribution in [0.4, 0.5) is 14.9 Å². The number of hydrogen-bond acceptors (Lipinski definition) is 3. The van der Waals surface area contributed by atoms with E-state index < -0.39 is 6.09 Å². The highest BCUT2D eigenvalue weighted by molar-refractivity contribution is 5.79. The summed E-state index contributed by atoms with van der Waals surface area (Å²) in [5.41, 5.74) is 12.3. The quantitative estimate of drug-likeness (QED) is 0.403. The number of benzene rings is 3. The summed E-state index contributed by atoms with van der Waals surface area (Å²) < 4.78 is 19.4. The van der Waals surface area contributed by atoms with Gasteiger partial charge in [-0.1, -0.05) is 60.7 Å². The van der Waals surface area contributed by atoms with Crippen molar-refractivity contribution in [2.24, 2.45) is 0 Å². The molecular formula is C26H25FN2O2. The number of amides is 1. The van der Waals surface area contributed by atoms with Crippen LogP contribution in [0.1, 0.15) is 34.6 Å². The Labute approximate surface area is 181 Å². The van der Waals surface area contributed by atoms with E-state index in [9.17, 15) is 9.18 Å². The first-order chi connectivity index (χ1) is 15.0. The number of nitrogens with two attached hydrogens (primary N) is 1. The molecule has 0 aromatic heterocycles. The van der Waals surface area contributed by atoms with Gasteiger partial charge in [0.2, 0.25) is 0 Å². The van der Waals surface area contributed by atoms with Gasteiger partial charge in [-0.15, -0.1) is 0 Å². The largest absolute Gasteiger partial charge is 0.449 e. The molecule has 3 aromatic carbocycles. The lowest BCUT2D eigenvalue weighted by Crippen LogP contribution is -2.26. The SMILES string of the molecule is Cc1cc(F)c(C=CCCNC(=O)OCC2c3ccccc3-c3ccccc32)cc1N. The van der Waals surface area contributed by atoms with Crippen molar-refractivity contribution in [3.63, 3.8) is 0 Å². The van der Waals surface area contributed by atoms with Crippen LogP contribution in [0.25, 0.3) is 17.2 Å². The molecule has 0 atom stereocenters. The molecular weight excluding hydrogens is 391 g/mol. The van der Waals surface area contributed by atoms with Crippen LogP contribution < -0.4 is 11.1 Å². The number of nitrogen functional groups attached to an aromatic ring is 1. The topological polar surface area (TPSA) is 64.3 Å². The lowest BCUT2D eigenvalue weighted by molar-refractivity contribution is 0.143. The molecule has 0 radical (unpaired) electrons. The van der Waals surface area contributed by atoms with Gasteiger partial charge in [-0.05, 0) is 53.3 Å². The number of nitrogens with one attached hydrogen (secondary N) is 1. The number of alkyl carbamates (subject to hydrolysis) is 1. The highest BCUT2D eigenvalue weighted by Gasteiger charge is 2.28. The van der Waals surface area contributed by atoms with Crippen LogP contribution >= 0.6 is 0 Å². The summed E-state index contributed by atoms with van der Waals surface area (Å²) in [5, 5.41) is 2.75. The van der Waals surface area contributed by atoms with Gasteiger partial charge in [0.25, 0.3) is 0 Å². The summed E-state index contributed by atoms with van der Waals surface area (Å²) in [5.74, 6) is -0.277. The third-order valence-electron chi connectivity index (χ3n) is 5.61. The van der Waals surface area contributed by atoms with Gasteiger partial charge in [0.15, 0.2) is 0 Å². The standard InChI is InChI=1S/C26H25FN2O2/c1-17-14-24(27)18(15-25(17)28)8-6-7-13-29-26(30)31-16-23-21-11-4-2-9-19(21)20-10-3-5-12-22(20)23/h2-6,8-12,14-15,23H,7,13,16,28H2,1H3,(H,29,30). The minimum Gasteiger partial charge on any atom is -0.449 e. The molecule has 0 fully saturated rings. The Morgan fingerprint density at radius 3 is 2.42 bits per heavy atom. The van der Waals surface area contributed by atoms with Gasteiger partial charge >= 0.3 is 6.09 Å². The van der Waals surface area contributed by atoms with E-state index in [0.29, 0.717) is 29.8 Å². The summed E-state index contributed by atoms with van der Waals surface area (Å²) in [6, 6.07) is 19.5. The second-order valence-electron chi connectivity index (χ2n) is 7.67. The Morgan fingerprint density at radius 1 is 1.10 bits per heavy atom. The molecule has 0 aliphatic heterocycles. The van der Waals surface area contributed by atoms with E-state index in [0.717, 1.165) is 0 Å². The maximum absolute atomic E-state index is 13.9. The van der Waals surface area contributed by atoms with E-state index in [1.807, 2.05) is 24.3 Å². The van der Waals surface area contributed by atoms with Gasteiger partial charge in [0.05, 0.1) is 0 Å². The minimum absolute atomic E-state index is 0.0352. The van der Waals surface area contributed by atoms with E-state index in [4.69, 9.17) is 10.5 Å². The Morgan fingerprint density at radius 2 is 1.74 bits per heavy atom. The van der Waals surface area contributed by atoms with Crippen LogP contribution in [0.2, 0.25) is 0 Å². The minimum atomic E-state index is -0.457. The zero-order valence-electron chi connectivity index (χ0n) is 17.4.